The molecule has 1 aromatic carbocycles. The molecule has 2 unspecified atom stereocenters. The van der Waals surface area contributed by atoms with E-state index in [0.29, 0.717) is 5.75 Å². The smallest absolute Gasteiger partial charge is 0.312 e. The molecule has 14 heteroatoms. The molecule has 4 rings (SSSR count). The van der Waals surface area contributed by atoms with Crippen LogP contribution in [0.4, 0.5) is 10.2 Å². The van der Waals surface area contributed by atoms with E-state index >= 15 is 4.39 Å². The van der Waals surface area contributed by atoms with Crippen molar-refractivity contribution in [2.24, 2.45) is 0 Å². The normalized spacial score (nSPS) is 20.1. The Morgan fingerprint density at radius 1 is 1.06 bits per heavy atom. The van der Waals surface area contributed by atoms with Crippen LogP contribution >= 0.6 is 0 Å². The van der Waals surface area contributed by atoms with E-state index in [9.17, 15) is 9.59 Å². The number of fused-ring (bicyclic) bond motifs is 1. The van der Waals surface area contributed by atoms with Gasteiger partial charge in [-0.15, -0.1) is 6.42 Å². The lowest BCUT2D eigenvalue weighted by atomic mass is 9.78. The number of esters is 1. The Bertz CT molecular complexity index is 1920. The third kappa shape index (κ3) is 8.75. The van der Waals surface area contributed by atoms with Crippen LogP contribution in [0, 0.1) is 32.3 Å². The van der Waals surface area contributed by atoms with E-state index in [0.717, 1.165) is 16.7 Å². The van der Waals surface area contributed by atoms with Gasteiger partial charge in [-0.2, -0.15) is 14.4 Å². The lowest BCUT2D eigenvalue weighted by Crippen LogP contribution is -2.55. The monoisotopic (exact) mass is 767 g/mol. The first-order valence-corrected chi connectivity index (χ1v) is 23.9. The second-order valence-electron chi connectivity index (χ2n) is 18.1. The summed E-state index contributed by atoms with van der Waals surface area (Å²) in [6.07, 6.45) is 6.10. The molecule has 1 aliphatic rings. The molecule has 2 aromatic heterocycles. The molecule has 290 valence electrons. The van der Waals surface area contributed by atoms with Crippen molar-refractivity contribution in [3.05, 3.63) is 41.2 Å². The molecule has 11 nitrogen and oxygen atoms in total. The second-order valence-corrected chi connectivity index (χ2v) is 27.6. The van der Waals surface area contributed by atoms with Gasteiger partial charge < -0.3 is 28.2 Å². The van der Waals surface area contributed by atoms with Crippen molar-refractivity contribution in [3.63, 3.8) is 0 Å². The van der Waals surface area contributed by atoms with Crippen molar-refractivity contribution in [3.8, 4) is 18.1 Å². The molecule has 1 fully saturated rings. The van der Waals surface area contributed by atoms with Crippen molar-refractivity contribution in [1.29, 1.82) is 0 Å². The SMILES string of the molecule is C#C[C@]1(CO[Si](C)(C)C(C)(C)C)OCC(n2cnc3c(NC(=O)CC(C)(C)c4c(C)cc(C)cc4OC(C)=O)nc(F)nc32)C1O[Si](C)(C)C(C)(C)C. The van der Waals surface area contributed by atoms with Crippen LogP contribution in [0.1, 0.15) is 91.5 Å². The first kappa shape index (κ1) is 42.3. The number of terminal acetylenes is 1. The van der Waals surface area contributed by atoms with Gasteiger partial charge in [-0.1, -0.05) is 67.4 Å². The summed E-state index contributed by atoms with van der Waals surface area (Å²) in [7, 11) is -4.72. The van der Waals surface area contributed by atoms with Crippen LogP contribution in [-0.4, -0.2) is 72.9 Å². The van der Waals surface area contributed by atoms with E-state index in [-0.39, 0.29) is 46.7 Å². The minimum atomic E-state index is -2.47. The highest BCUT2D eigenvalue weighted by Crippen LogP contribution is 2.46. The fraction of sp³-hybridized carbons (Fsp3) is 0.615. The Kier molecular flexibility index (Phi) is 11.7. The number of aryl methyl sites for hydroxylation is 2. The number of nitrogens with zero attached hydrogens (tertiary/aromatic N) is 4. The van der Waals surface area contributed by atoms with Gasteiger partial charge in [-0.05, 0) is 67.3 Å². The Labute approximate surface area is 316 Å². The van der Waals surface area contributed by atoms with Crippen LogP contribution in [0.3, 0.4) is 0 Å². The average molecular weight is 768 g/mol. The fourth-order valence-corrected chi connectivity index (χ4v) is 8.66. The summed E-state index contributed by atoms with van der Waals surface area (Å²) in [5, 5.41) is 2.55. The number of amides is 1. The number of carbonyl (C=O) groups excluding carboxylic acids is 2. The fourth-order valence-electron chi connectivity index (χ4n) is 6.32. The molecule has 1 N–H and O–H groups in total. The van der Waals surface area contributed by atoms with Crippen molar-refractivity contribution in [1.82, 2.24) is 19.5 Å². The van der Waals surface area contributed by atoms with Crippen LogP contribution in [0.25, 0.3) is 11.2 Å². The van der Waals surface area contributed by atoms with Crippen molar-refractivity contribution in [2.75, 3.05) is 18.5 Å². The number of nitrogens with one attached hydrogen (secondary N) is 1. The van der Waals surface area contributed by atoms with Crippen LogP contribution in [0.2, 0.25) is 36.3 Å². The molecule has 1 amide bonds. The Hall–Kier alpha value is -3.49. The molecular formula is C39H58FN5O6Si2. The van der Waals surface area contributed by atoms with Gasteiger partial charge in [-0.3, -0.25) is 9.59 Å². The number of imidazole rings is 1. The molecule has 3 aromatic rings. The van der Waals surface area contributed by atoms with Crippen molar-refractivity contribution < 1.29 is 32.3 Å². The zero-order valence-electron chi connectivity index (χ0n) is 34.2. The molecule has 3 heterocycles. The highest BCUT2D eigenvalue weighted by molar-refractivity contribution is 6.74. The van der Waals surface area contributed by atoms with E-state index < -0.39 is 57.8 Å². The van der Waals surface area contributed by atoms with E-state index in [2.05, 4.69) is 93.9 Å². The number of carbonyl (C=O) groups is 2. The van der Waals surface area contributed by atoms with Crippen LogP contribution < -0.4 is 10.1 Å². The summed E-state index contributed by atoms with van der Waals surface area (Å²) in [6, 6.07) is 3.21. The van der Waals surface area contributed by atoms with E-state index in [1.165, 1.54) is 13.3 Å². The predicted molar refractivity (Wildman–Crippen MR) is 211 cm³/mol. The number of benzene rings is 1. The minimum absolute atomic E-state index is 0.0310. The summed E-state index contributed by atoms with van der Waals surface area (Å²) in [5.74, 6) is 2.35. The van der Waals surface area contributed by atoms with Gasteiger partial charge in [0.25, 0.3) is 0 Å². The number of hydrogen-bond donors (Lipinski definition) is 1. The largest absolute Gasteiger partial charge is 0.426 e. The average Bonchev–Trinajstić information content (AvgIpc) is 3.54. The highest BCUT2D eigenvalue weighted by atomic mass is 28.4. The van der Waals surface area contributed by atoms with Crippen LogP contribution in [0.5, 0.6) is 5.75 Å². The van der Waals surface area contributed by atoms with Gasteiger partial charge >= 0.3 is 12.0 Å². The maximum Gasteiger partial charge on any atom is 0.312 e. The first-order valence-electron chi connectivity index (χ1n) is 18.1. The zero-order chi connectivity index (χ0) is 40.1. The van der Waals surface area contributed by atoms with Gasteiger partial charge in [0, 0.05) is 24.3 Å². The topological polar surface area (TPSA) is 127 Å². The van der Waals surface area contributed by atoms with E-state index in [1.807, 2.05) is 33.8 Å². The Morgan fingerprint density at radius 2 is 1.68 bits per heavy atom. The van der Waals surface area contributed by atoms with Crippen LogP contribution in [0.15, 0.2) is 18.5 Å². The quantitative estimate of drug-likeness (QED) is 0.0676. The number of hydrogen-bond acceptors (Lipinski definition) is 9. The maximum atomic E-state index is 15.3. The number of rotatable bonds is 11. The van der Waals surface area contributed by atoms with Gasteiger partial charge in [-0.25, -0.2) is 4.98 Å². The third-order valence-corrected chi connectivity index (χ3v) is 20.2. The van der Waals surface area contributed by atoms with Gasteiger partial charge in [0.2, 0.25) is 5.91 Å². The summed E-state index contributed by atoms with van der Waals surface area (Å²) in [6.45, 7) is 30.7. The minimum Gasteiger partial charge on any atom is -0.426 e. The van der Waals surface area contributed by atoms with E-state index in [1.54, 1.807) is 10.6 Å². The van der Waals surface area contributed by atoms with Crippen molar-refractivity contribution >= 4 is 45.5 Å². The summed E-state index contributed by atoms with van der Waals surface area (Å²) < 4.78 is 42.8. The number of ether oxygens (including phenoxy) is 2. The number of anilines is 1. The van der Waals surface area contributed by atoms with Crippen molar-refractivity contribution in [2.45, 2.75) is 142 Å². The molecule has 0 saturated carbocycles. The number of halogens is 1. The number of aromatic nitrogens is 4. The molecule has 0 radical (unpaired) electrons. The van der Waals surface area contributed by atoms with Gasteiger partial charge in [0.05, 0.1) is 25.6 Å². The standard InChI is InChI=1S/C39H58FN5O6Si2/c1-17-39(22-49-52(13,14)36(5,6)7)32(51-53(15,16)37(8,9)10)27(21-48-39)45-23-41-31-33(43-35(40)44-34(31)45)42-29(47)20-38(11,12)30-25(3)18-24(2)19-28(30)50-26(4)46/h1,18-19,23,27,32H,20-22H2,2-16H3,(H,42,43,44,47)/t27?,32?,39-/m1/s1. The van der Waals surface area contributed by atoms with Gasteiger partial charge in [0.1, 0.15) is 11.9 Å². The third-order valence-electron chi connectivity index (χ3n) is 11.2. The zero-order valence-corrected chi connectivity index (χ0v) is 36.2. The summed E-state index contributed by atoms with van der Waals surface area (Å²) in [5.41, 5.74) is 0.862. The lowest BCUT2D eigenvalue weighted by Gasteiger charge is -2.44. The van der Waals surface area contributed by atoms with Gasteiger partial charge in [0.15, 0.2) is 39.2 Å². The Morgan fingerprint density at radius 3 is 2.25 bits per heavy atom. The summed E-state index contributed by atoms with van der Waals surface area (Å²) >= 11 is 0. The molecule has 1 saturated heterocycles. The highest BCUT2D eigenvalue weighted by Gasteiger charge is 2.56. The second kappa shape index (κ2) is 14.6. The first-order chi connectivity index (χ1) is 24.1. The predicted octanol–water partition coefficient (Wildman–Crippen LogP) is 8.17. The lowest BCUT2D eigenvalue weighted by molar-refractivity contribution is -0.131. The Balaban J connectivity index is 1.72. The summed E-state index contributed by atoms with van der Waals surface area (Å²) in [4.78, 5) is 38.3. The molecular weight excluding hydrogens is 710 g/mol. The molecule has 0 spiro atoms. The molecule has 1 aliphatic heterocycles. The molecule has 53 heavy (non-hydrogen) atoms. The molecule has 3 atom stereocenters. The maximum absolute atomic E-state index is 15.3. The molecule has 0 bridgehead atoms. The van der Waals surface area contributed by atoms with Crippen LogP contribution in [-0.2, 0) is 28.6 Å². The van der Waals surface area contributed by atoms with E-state index in [4.69, 9.17) is 24.7 Å². The molecule has 0 aliphatic carbocycles.